The van der Waals surface area contributed by atoms with Gasteiger partial charge in [0.2, 0.25) is 0 Å². The number of rotatable bonds is 4. The van der Waals surface area contributed by atoms with Gasteiger partial charge in [0.1, 0.15) is 0 Å². The highest BCUT2D eigenvalue weighted by atomic mass is 15.0. The first-order valence-electron chi connectivity index (χ1n) is 14.7. The minimum Gasteiger partial charge on any atom is -0.208 e. The van der Waals surface area contributed by atoms with Gasteiger partial charge in [-0.15, -0.1) is 0 Å². The van der Waals surface area contributed by atoms with Gasteiger partial charge in [-0.25, -0.2) is 15.0 Å². The van der Waals surface area contributed by atoms with Crippen LogP contribution in [0.4, 0.5) is 0 Å². The largest absolute Gasteiger partial charge is 0.208 e. The molecule has 0 unspecified atom stereocenters. The Hall–Kier alpha value is -5.41. The van der Waals surface area contributed by atoms with Crippen LogP contribution in [0.2, 0.25) is 0 Å². The Labute approximate surface area is 251 Å². The summed E-state index contributed by atoms with van der Waals surface area (Å²) in [5.41, 5.74) is 10.4. The molecule has 0 radical (unpaired) electrons. The molecule has 0 amide bonds. The monoisotopic (exact) mass is 551 g/mol. The number of aromatic nitrogens is 3. The fourth-order valence-electron chi connectivity index (χ4n) is 6.54. The van der Waals surface area contributed by atoms with Gasteiger partial charge < -0.3 is 0 Å². The molecule has 0 fully saturated rings. The summed E-state index contributed by atoms with van der Waals surface area (Å²) in [7, 11) is 0. The molecule has 3 nitrogen and oxygen atoms in total. The van der Waals surface area contributed by atoms with Crippen LogP contribution in [0.3, 0.4) is 0 Å². The van der Waals surface area contributed by atoms with Crippen molar-refractivity contribution < 1.29 is 0 Å². The maximum Gasteiger partial charge on any atom is 0.164 e. The van der Waals surface area contributed by atoms with E-state index in [4.69, 9.17) is 15.0 Å². The number of hydrogen-bond acceptors (Lipinski definition) is 3. The van der Waals surface area contributed by atoms with Gasteiger partial charge in [-0.05, 0) is 38.8 Å². The van der Waals surface area contributed by atoms with E-state index in [0.717, 1.165) is 22.3 Å². The lowest BCUT2D eigenvalue weighted by Crippen LogP contribution is -2.14. The second-order valence-electron chi connectivity index (χ2n) is 11.7. The number of nitrogens with zero attached hydrogens (tertiary/aromatic N) is 3. The average molecular weight is 552 g/mol. The van der Waals surface area contributed by atoms with Crippen LogP contribution < -0.4 is 0 Å². The van der Waals surface area contributed by atoms with E-state index in [2.05, 4.69) is 129 Å². The SMILES string of the molecule is CC1(C)c2ccccc2-c2c1ccc1cccc(-c3nc(-c4ccccc4)nc(-c4ccc(-c5ccccc5)cc4)n3)c21. The van der Waals surface area contributed by atoms with Gasteiger partial charge in [-0.2, -0.15) is 0 Å². The minimum atomic E-state index is -0.0901. The average Bonchev–Trinajstić information content (AvgIpc) is 3.31. The van der Waals surface area contributed by atoms with Crippen LogP contribution in [0.1, 0.15) is 25.0 Å². The Balaban J connectivity index is 1.36. The zero-order valence-electron chi connectivity index (χ0n) is 24.1. The van der Waals surface area contributed by atoms with Crippen LogP contribution in [-0.4, -0.2) is 15.0 Å². The highest BCUT2D eigenvalue weighted by Crippen LogP contribution is 2.52. The predicted molar refractivity (Wildman–Crippen MR) is 177 cm³/mol. The summed E-state index contributed by atoms with van der Waals surface area (Å²) in [5.74, 6) is 2.00. The summed E-state index contributed by atoms with van der Waals surface area (Å²) in [6, 6.07) is 48.9. The van der Waals surface area contributed by atoms with E-state index in [1.54, 1.807) is 0 Å². The zero-order chi connectivity index (χ0) is 29.0. The topological polar surface area (TPSA) is 38.7 Å². The summed E-state index contributed by atoms with van der Waals surface area (Å²) in [4.78, 5) is 15.2. The molecule has 7 aromatic rings. The van der Waals surface area contributed by atoms with Crippen molar-refractivity contribution in [3.05, 3.63) is 151 Å². The molecule has 0 saturated carbocycles. The molecule has 0 aliphatic heterocycles. The first-order valence-corrected chi connectivity index (χ1v) is 14.7. The van der Waals surface area contributed by atoms with Crippen molar-refractivity contribution in [2.24, 2.45) is 0 Å². The molecule has 0 bridgehead atoms. The standard InChI is InChI=1S/C40H29N3/c1-40(2)33-19-10-9-17-31(33)36-34(40)25-24-28-16-11-18-32(35(28)36)39-42-37(29-14-7-4-8-15-29)41-38(43-39)30-22-20-27(21-23-30)26-12-5-3-6-13-26/h3-25H,1-2H3. The molecule has 8 rings (SSSR count). The van der Waals surface area contributed by atoms with Crippen molar-refractivity contribution >= 4 is 10.8 Å². The fourth-order valence-corrected chi connectivity index (χ4v) is 6.54. The van der Waals surface area contributed by atoms with Crippen LogP contribution in [0.5, 0.6) is 0 Å². The third-order valence-electron chi connectivity index (χ3n) is 8.75. The van der Waals surface area contributed by atoms with Crippen molar-refractivity contribution in [3.63, 3.8) is 0 Å². The molecule has 3 heteroatoms. The molecular weight excluding hydrogens is 522 g/mol. The van der Waals surface area contributed by atoms with Crippen LogP contribution in [0.25, 0.3) is 67.2 Å². The lowest BCUT2D eigenvalue weighted by atomic mass is 9.82. The lowest BCUT2D eigenvalue weighted by molar-refractivity contribution is 0.661. The molecule has 0 saturated heterocycles. The van der Waals surface area contributed by atoms with Crippen molar-refractivity contribution in [3.8, 4) is 56.4 Å². The van der Waals surface area contributed by atoms with Crippen molar-refractivity contribution in [2.45, 2.75) is 19.3 Å². The second-order valence-corrected chi connectivity index (χ2v) is 11.7. The third kappa shape index (κ3) is 4.16. The van der Waals surface area contributed by atoms with E-state index in [1.807, 2.05) is 24.3 Å². The zero-order valence-corrected chi connectivity index (χ0v) is 24.1. The molecular formula is C40H29N3. The molecule has 1 heterocycles. The molecule has 6 aromatic carbocycles. The summed E-state index contributed by atoms with van der Waals surface area (Å²) in [5, 5.41) is 2.37. The van der Waals surface area contributed by atoms with Gasteiger partial charge in [-0.3, -0.25) is 0 Å². The first kappa shape index (κ1) is 25.3. The number of hydrogen-bond donors (Lipinski definition) is 0. The molecule has 1 aliphatic rings. The maximum atomic E-state index is 5.15. The molecule has 1 aromatic heterocycles. The third-order valence-corrected chi connectivity index (χ3v) is 8.75. The van der Waals surface area contributed by atoms with Gasteiger partial charge in [0.15, 0.2) is 17.5 Å². The number of benzene rings is 6. The molecule has 0 spiro atoms. The van der Waals surface area contributed by atoms with E-state index >= 15 is 0 Å². The minimum absolute atomic E-state index is 0.0901. The Morgan fingerprint density at radius 3 is 1.65 bits per heavy atom. The van der Waals surface area contributed by atoms with Crippen molar-refractivity contribution in [1.82, 2.24) is 15.0 Å². The van der Waals surface area contributed by atoms with Crippen molar-refractivity contribution in [2.75, 3.05) is 0 Å². The summed E-state index contributed by atoms with van der Waals surface area (Å²) in [6.07, 6.45) is 0. The molecule has 0 atom stereocenters. The van der Waals surface area contributed by atoms with Crippen LogP contribution in [-0.2, 0) is 5.41 Å². The van der Waals surface area contributed by atoms with E-state index in [9.17, 15) is 0 Å². The van der Waals surface area contributed by atoms with Gasteiger partial charge in [0.25, 0.3) is 0 Å². The lowest BCUT2D eigenvalue weighted by Gasteiger charge is -2.21. The van der Waals surface area contributed by atoms with E-state index in [-0.39, 0.29) is 5.41 Å². The summed E-state index contributed by atoms with van der Waals surface area (Å²) < 4.78 is 0. The second kappa shape index (κ2) is 9.85. The van der Waals surface area contributed by atoms with E-state index in [0.29, 0.717) is 17.5 Å². The summed E-state index contributed by atoms with van der Waals surface area (Å²) in [6.45, 7) is 4.64. The van der Waals surface area contributed by atoms with E-state index < -0.39 is 0 Å². The van der Waals surface area contributed by atoms with Crippen molar-refractivity contribution in [1.29, 1.82) is 0 Å². The molecule has 1 aliphatic carbocycles. The fraction of sp³-hybridized carbons (Fsp3) is 0.0750. The van der Waals surface area contributed by atoms with Gasteiger partial charge >= 0.3 is 0 Å². The van der Waals surface area contributed by atoms with E-state index in [1.165, 1.54) is 38.6 Å². The smallest absolute Gasteiger partial charge is 0.164 e. The Kier molecular flexibility index (Phi) is 5.80. The molecule has 43 heavy (non-hydrogen) atoms. The quantitative estimate of drug-likeness (QED) is 0.218. The van der Waals surface area contributed by atoms with Crippen LogP contribution >= 0.6 is 0 Å². The Morgan fingerprint density at radius 1 is 0.395 bits per heavy atom. The van der Waals surface area contributed by atoms with Gasteiger partial charge in [0, 0.05) is 27.5 Å². The van der Waals surface area contributed by atoms with Gasteiger partial charge in [-0.1, -0.05) is 153 Å². The highest BCUT2D eigenvalue weighted by Gasteiger charge is 2.36. The molecule has 0 N–H and O–H groups in total. The predicted octanol–water partition coefficient (Wildman–Crippen LogP) is 10.00. The normalized spacial score (nSPS) is 13.1. The Bertz CT molecular complexity index is 2130. The highest BCUT2D eigenvalue weighted by molar-refractivity contribution is 6.09. The van der Waals surface area contributed by atoms with Crippen LogP contribution in [0.15, 0.2) is 140 Å². The number of fused-ring (bicyclic) bond motifs is 5. The summed E-state index contributed by atoms with van der Waals surface area (Å²) >= 11 is 0. The van der Waals surface area contributed by atoms with Crippen LogP contribution in [0, 0.1) is 0 Å². The molecule has 204 valence electrons. The first-order chi connectivity index (χ1) is 21.1. The maximum absolute atomic E-state index is 5.15. The Morgan fingerprint density at radius 2 is 0.930 bits per heavy atom. The van der Waals surface area contributed by atoms with Gasteiger partial charge in [0.05, 0.1) is 0 Å².